The molecule has 9 nitrogen and oxygen atoms in total. The van der Waals surface area contributed by atoms with E-state index in [1.807, 2.05) is 0 Å². The highest BCUT2D eigenvalue weighted by atomic mass is 19.4. The molecule has 15 heteroatoms. The van der Waals surface area contributed by atoms with E-state index >= 15 is 0 Å². The van der Waals surface area contributed by atoms with E-state index < -0.39 is 65.0 Å². The van der Waals surface area contributed by atoms with Crippen LogP contribution in [0.5, 0.6) is 0 Å². The molecule has 222 valence electrons. The maximum absolute atomic E-state index is 13.8. The molecule has 3 atom stereocenters. The highest BCUT2D eigenvalue weighted by Gasteiger charge is 2.53. The number of aliphatic imine (C=N–C) groups is 1. The Hall–Kier alpha value is -3.85. The SMILES string of the molecule is NC1=NC(O)[C@H](O)C(C(F)(F)F)C1=C(N)C1CCN(c2cc(C(=O)OCc3ccccc3)c(C(F)(F)F)cn2)CC1. The Kier molecular flexibility index (Phi) is 8.49. The Bertz CT molecular complexity index is 1320. The van der Waals surface area contributed by atoms with Crippen LogP contribution in [0.4, 0.5) is 32.2 Å². The van der Waals surface area contributed by atoms with Crippen LogP contribution in [0.2, 0.25) is 0 Å². The summed E-state index contributed by atoms with van der Waals surface area (Å²) >= 11 is 0. The number of aliphatic hydroxyl groups excluding tert-OH is 2. The van der Waals surface area contributed by atoms with Crippen LogP contribution in [0.3, 0.4) is 0 Å². The van der Waals surface area contributed by atoms with Gasteiger partial charge in [-0.25, -0.2) is 14.8 Å². The minimum Gasteiger partial charge on any atom is -0.457 e. The number of allylic oxidation sites excluding steroid dienone is 1. The maximum Gasteiger partial charge on any atom is 0.418 e. The lowest BCUT2D eigenvalue weighted by Crippen LogP contribution is -2.50. The molecule has 2 aromatic rings. The molecule has 6 N–H and O–H groups in total. The Morgan fingerprint density at radius 1 is 1.07 bits per heavy atom. The number of carbonyl (C=O) groups is 1. The molecule has 0 saturated carbocycles. The zero-order valence-electron chi connectivity index (χ0n) is 21.4. The number of esters is 1. The monoisotopic (exact) mass is 587 g/mol. The topological polar surface area (TPSA) is 147 Å². The number of alkyl halides is 6. The average molecular weight is 588 g/mol. The van der Waals surface area contributed by atoms with Crippen LogP contribution in [0, 0.1) is 11.8 Å². The van der Waals surface area contributed by atoms with E-state index in [1.54, 1.807) is 35.2 Å². The van der Waals surface area contributed by atoms with E-state index in [-0.39, 0.29) is 44.1 Å². The molecular formula is C26H27F6N5O4. The van der Waals surface area contributed by atoms with Gasteiger partial charge in [-0.3, -0.25) is 0 Å². The van der Waals surface area contributed by atoms with Crippen molar-refractivity contribution in [2.24, 2.45) is 28.3 Å². The molecule has 4 rings (SSSR count). The third kappa shape index (κ3) is 6.56. The van der Waals surface area contributed by atoms with Gasteiger partial charge in [-0.1, -0.05) is 30.3 Å². The second-order valence-corrected chi connectivity index (χ2v) is 9.72. The molecule has 2 aliphatic rings. The van der Waals surface area contributed by atoms with Crippen molar-refractivity contribution in [2.75, 3.05) is 18.0 Å². The molecule has 2 aliphatic heterocycles. The number of aliphatic hydroxyl groups is 2. The van der Waals surface area contributed by atoms with Gasteiger partial charge in [0.1, 0.15) is 30.3 Å². The first-order valence-corrected chi connectivity index (χ1v) is 12.5. The van der Waals surface area contributed by atoms with Gasteiger partial charge in [-0.05, 0) is 24.5 Å². The molecule has 41 heavy (non-hydrogen) atoms. The molecule has 3 heterocycles. The lowest BCUT2D eigenvalue weighted by molar-refractivity contribution is -0.200. The third-order valence-corrected chi connectivity index (χ3v) is 7.06. The summed E-state index contributed by atoms with van der Waals surface area (Å²) < 4.78 is 87.3. The van der Waals surface area contributed by atoms with Crippen molar-refractivity contribution in [3.8, 4) is 0 Å². The van der Waals surface area contributed by atoms with Gasteiger partial charge in [-0.2, -0.15) is 26.3 Å². The van der Waals surface area contributed by atoms with Crippen molar-refractivity contribution in [1.29, 1.82) is 0 Å². The number of halogens is 6. The standard InChI is InChI=1S/C26H27F6N5O4/c27-25(28,29)16-11-35-17(10-15(16)24(40)41-12-13-4-2-1-3-5-13)37-8-6-14(7-9-37)20(33)18-19(26(30,31)32)21(38)23(39)36-22(18)34/h1-5,10-11,14,19,21,23,38-39H,6-9,12,33H2,(H2,34,36)/t19?,21-,23?/m1/s1. The van der Waals surface area contributed by atoms with E-state index in [9.17, 15) is 41.4 Å². The number of benzene rings is 1. The molecule has 1 fully saturated rings. The van der Waals surface area contributed by atoms with Gasteiger partial charge in [-0.15, -0.1) is 0 Å². The third-order valence-electron chi connectivity index (χ3n) is 7.06. The fraction of sp³-hybridized carbons (Fsp3) is 0.423. The van der Waals surface area contributed by atoms with Gasteiger partial charge in [0.25, 0.3) is 0 Å². The number of ether oxygens (including phenoxy) is 1. The van der Waals surface area contributed by atoms with Crippen molar-refractivity contribution in [3.63, 3.8) is 0 Å². The molecule has 2 unspecified atom stereocenters. The summed E-state index contributed by atoms with van der Waals surface area (Å²) in [6.07, 6.45) is -13.4. The quantitative estimate of drug-likeness (QED) is 0.308. The van der Waals surface area contributed by atoms with Gasteiger partial charge in [0, 0.05) is 36.5 Å². The van der Waals surface area contributed by atoms with Crippen molar-refractivity contribution < 1.29 is 46.1 Å². The highest BCUT2D eigenvalue weighted by Crippen LogP contribution is 2.41. The summed E-state index contributed by atoms with van der Waals surface area (Å²) in [5.74, 6) is -4.98. The van der Waals surface area contributed by atoms with E-state index in [1.165, 1.54) is 0 Å². The van der Waals surface area contributed by atoms with Crippen LogP contribution in [0.25, 0.3) is 0 Å². The summed E-state index contributed by atoms with van der Waals surface area (Å²) in [6.45, 7) is -0.00606. The van der Waals surface area contributed by atoms with Gasteiger partial charge < -0.3 is 31.3 Å². The Balaban J connectivity index is 1.54. The molecular weight excluding hydrogens is 560 g/mol. The molecule has 0 radical (unpaired) electrons. The fourth-order valence-electron chi connectivity index (χ4n) is 4.93. The zero-order chi connectivity index (χ0) is 30.1. The van der Waals surface area contributed by atoms with Crippen LogP contribution >= 0.6 is 0 Å². The lowest BCUT2D eigenvalue weighted by Gasteiger charge is -2.37. The molecule has 0 spiro atoms. The van der Waals surface area contributed by atoms with Crippen LogP contribution in [0.1, 0.15) is 34.3 Å². The largest absolute Gasteiger partial charge is 0.457 e. The summed E-state index contributed by atoms with van der Waals surface area (Å²) in [7, 11) is 0. The number of hydrogen-bond acceptors (Lipinski definition) is 9. The first kappa shape index (κ1) is 30.1. The average Bonchev–Trinajstić information content (AvgIpc) is 2.92. The Labute approximate surface area is 230 Å². The van der Waals surface area contributed by atoms with E-state index in [0.717, 1.165) is 6.07 Å². The summed E-state index contributed by atoms with van der Waals surface area (Å²) in [5.41, 5.74) is 9.53. The number of hydrogen-bond donors (Lipinski definition) is 4. The Morgan fingerprint density at radius 3 is 2.29 bits per heavy atom. The summed E-state index contributed by atoms with van der Waals surface area (Å²) in [6, 6.07) is 9.37. The van der Waals surface area contributed by atoms with Crippen LogP contribution in [0.15, 0.2) is 58.9 Å². The zero-order valence-corrected chi connectivity index (χ0v) is 21.4. The van der Waals surface area contributed by atoms with Crippen molar-refractivity contribution in [2.45, 2.75) is 44.1 Å². The van der Waals surface area contributed by atoms with Crippen molar-refractivity contribution in [3.05, 3.63) is 70.6 Å². The minimum atomic E-state index is -4.97. The maximum atomic E-state index is 13.8. The van der Waals surface area contributed by atoms with E-state index in [2.05, 4.69) is 9.98 Å². The smallest absolute Gasteiger partial charge is 0.418 e. The van der Waals surface area contributed by atoms with Gasteiger partial charge in [0.05, 0.1) is 11.1 Å². The van der Waals surface area contributed by atoms with E-state index in [4.69, 9.17) is 16.2 Å². The first-order valence-electron chi connectivity index (χ1n) is 12.5. The highest BCUT2D eigenvalue weighted by molar-refractivity contribution is 5.99. The van der Waals surface area contributed by atoms with Crippen LogP contribution < -0.4 is 16.4 Å². The molecule has 1 aromatic heterocycles. The van der Waals surface area contributed by atoms with Gasteiger partial charge in [0.15, 0.2) is 6.23 Å². The number of piperidine rings is 1. The van der Waals surface area contributed by atoms with E-state index in [0.29, 0.717) is 11.8 Å². The molecule has 1 aromatic carbocycles. The van der Waals surface area contributed by atoms with Crippen LogP contribution in [-0.4, -0.2) is 58.6 Å². The number of anilines is 1. The number of carbonyl (C=O) groups excluding carboxylic acids is 1. The summed E-state index contributed by atoms with van der Waals surface area (Å²) in [5, 5.41) is 19.7. The normalized spacial score (nSPS) is 23.7. The van der Waals surface area contributed by atoms with Crippen LogP contribution in [-0.2, 0) is 17.5 Å². The van der Waals surface area contributed by atoms with Crippen molar-refractivity contribution in [1.82, 2.24) is 4.98 Å². The van der Waals surface area contributed by atoms with Gasteiger partial charge in [0.2, 0.25) is 0 Å². The predicted molar refractivity (Wildman–Crippen MR) is 134 cm³/mol. The second kappa shape index (κ2) is 11.6. The first-order chi connectivity index (χ1) is 19.2. The molecule has 1 saturated heterocycles. The minimum absolute atomic E-state index is 0.0415. The lowest BCUT2D eigenvalue weighted by atomic mass is 9.81. The van der Waals surface area contributed by atoms with Crippen molar-refractivity contribution >= 4 is 17.6 Å². The number of amidine groups is 1. The number of nitrogens with zero attached hydrogens (tertiary/aromatic N) is 3. The molecule has 0 bridgehead atoms. The molecule has 0 amide bonds. The van der Waals surface area contributed by atoms with Gasteiger partial charge >= 0.3 is 18.3 Å². The number of aromatic nitrogens is 1. The number of nitrogens with two attached hydrogens (primary N) is 2. The Morgan fingerprint density at radius 2 is 1.71 bits per heavy atom. The number of pyridine rings is 1. The summed E-state index contributed by atoms with van der Waals surface area (Å²) in [4.78, 5) is 21.6. The molecule has 0 aliphatic carbocycles. The fourth-order valence-corrected chi connectivity index (χ4v) is 4.93. The predicted octanol–water partition coefficient (Wildman–Crippen LogP) is 3.12. The number of rotatable bonds is 5. The second-order valence-electron chi connectivity index (χ2n) is 9.72.